The summed E-state index contributed by atoms with van der Waals surface area (Å²) in [6, 6.07) is 11.1. The molecule has 0 atom stereocenters. The van der Waals surface area contributed by atoms with Gasteiger partial charge in [-0.3, -0.25) is 4.79 Å². The van der Waals surface area contributed by atoms with Crippen LogP contribution in [0.1, 0.15) is 28.5 Å². The highest BCUT2D eigenvalue weighted by Crippen LogP contribution is 2.29. The van der Waals surface area contributed by atoms with Crippen molar-refractivity contribution in [1.29, 1.82) is 0 Å². The van der Waals surface area contributed by atoms with Gasteiger partial charge in [0.05, 0.1) is 0 Å². The number of amides is 1. The lowest BCUT2D eigenvalue weighted by atomic mass is 10.1. The molecule has 0 saturated heterocycles. The molecule has 1 N–H and O–H groups in total. The van der Waals surface area contributed by atoms with Crippen molar-refractivity contribution in [3.63, 3.8) is 0 Å². The molecule has 5 heteroatoms. The van der Waals surface area contributed by atoms with Crippen LogP contribution in [0.2, 0.25) is 10.0 Å². The van der Waals surface area contributed by atoms with Gasteiger partial charge in [0.1, 0.15) is 5.69 Å². The molecule has 0 aliphatic heterocycles. The second kappa shape index (κ2) is 6.50. The number of nitrogens with one attached hydrogen (secondary N) is 1. The average Bonchev–Trinajstić information content (AvgIpc) is 2.82. The predicted molar refractivity (Wildman–Crippen MR) is 102 cm³/mol. The number of hydrogen-bond acceptors (Lipinski definition) is 1. The van der Waals surface area contributed by atoms with E-state index in [0.29, 0.717) is 22.3 Å². The van der Waals surface area contributed by atoms with Crippen molar-refractivity contribution in [1.82, 2.24) is 4.57 Å². The molecule has 0 fully saturated rings. The van der Waals surface area contributed by atoms with Gasteiger partial charge in [-0.15, -0.1) is 0 Å². The normalized spacial score (nSPS) is 11.0. The number of aryl methyl sites for hydroxylation is 3. The Bertz CT molecular complexity index is 944. The second-order valence-corrected chi connectivity index (χ2v) is 6.67. The fourth-order valence-electron chi connectivity index (χ4n) is 3.06. The molecular weight excluding hydrogens is 343 g/mol. The third-order valence-corrected chi connectivity index (χ3v) is 4.72. The Labute approximate surface area is 151 Å². The minimum atomic E-state index is -0.132. The van der Waals surface area contributed by atoms with E-state index in [1.807, 2.05) is 55.7 Å². The van der Waals surface area contributed by atoms with Gasteiger partial charge in [-0.05, 0) is 68.3 Å². The molecule has 0 spiro atoms. The third kappa shape index (κ3) is 2.90. The zero-order valence-corrected chi connectivity index (χ0v) is 15.3. The Hall–Kier alpha value is -1.97. The summed E-state index contributed by atoms with van der Waals surface area (Å²) >= 11 is 12.1. The molecule has 0 aliphatic carbocycles. The van der Waals surface area contributed by atoms with E-state index >= 15 is 0 Å². The van der Waals surface area contributed by atoms with Crippen LogP contribution in [0.3, 0.4) is 0 Å². The summed E-state index contributed by atoms with van der Waals surface area (Å²) in [6.45, 7) is 6.60. The first-order valence-electron chi connectivity index (χ1n) is 7.78. The van der Waals surface area contributed by atoms with Crippen molar-refractivity contribution in [2.75, 3.05) is 5.32 Å². The minimum Gasteiger partial charge on any atom is -0.337 e. The minimum absolute atomic E-state index is 0.132. The van der Waals surface area contributed by atoms with Gasteiger partial charge in [0.25, 0.3) is 5.91 Å². The van der Waals surface area contributed by atoms with E-state index < -0.39 is 0 Å². The van der Waals surface area contributed by atoms with Crippen molar-refractivity contribution >= 4 is 45.7 Å². The topological polar surface area (TPSA) is 34.0 Å². The van der Waals surface area contributed by atoms with Crippen LogP contribution in [0.5, 0.6) is 0 Å². The van der Waals surface area contributed by atoms with E-state index in [9.17, 15) is 4.79 Å². The number of rotatable bonds is 3. The lowest BCUT2D eigenvalue weighted by molar-refractivity contribution is 0.101. The average molecular weight is 361 g/mol. The summed E-state index contributed by atoms with van der Waals surface area (Å²) in [5.74, 6) is -0.132. The standard InChI is InChI=1S/C19H18Cl2N2O/c1-4-23-17-8-6-14(21)10-15(17)12(3)18(23)19(24)22-16-7-5-13(20)9-11(16)2/h5-10H,4H2,1-3H3,(H,22,24). The summed E-state index contributed by atoms with van der Waals surface area (Å²) in [6.07, 6.45) is 0. The summed E-state index contributed by atoms with van der Waals surface area (Å²) < 4.78 is 2.02. The molecule has 3 aromatic rings. The van der Waals surface area contributed by atoms with E-state index in [2.05, 4.69) is 5.32 Å². The Kier molecular flexibility index (Phi) is 4.57. The fraction of sp³-hybridized carbons (Fsp3) is 0.211. The van der Waals surface area contributed by atoms with Gasteiger partial charge in [0.2, 0.25) is 0 Å². The number of carbonyl (C=O) groups is 1. The van der Waals surface area contributed by atoms with Crippen LogP contribution in [-0.2, 0) is 6.54 Å². The molecule has 24 heavy (non-hydrogen) atoms. The number of hydrogen-bond donors (Lipinski definition) is 1. The first kappa shape index (κ1) is 16.9. The van der Waals surface area contributed by atoms with E-state index in [1.54, 1.807) is 6.07 Å². The summed E-state index contributed by atoms with van der Waals surface area (Å²) in [4.78, 5) is 12.9. The van der Waals surface area contributed by atoms with Gasteiger partial charge >= 0.3 is 0 Å². The molecule has 0 radical (unpaired) electrons. The van der Waals surface area contributed by atoms with E-state index in [0.717, 1.165) is 27.7 Å². The largest absolute Gasteiger partial charge is 0.337 e. The lowest BCUT2D eigenvalue weighted by Crippen LogP contribution is -2.18. The summed E-state index contributed by atoms with van der Waals surface area (Å²) in [5.41, 5.74) is 4.28. The van der Waals surface area contributed by atoms with Gasteiger partial charge in [-0.2, -0.15) is 0 Å². The fourth-order valence-corrected chi connectivity index (χ4v) is 3.46. The van der Waals surface area contributed by atoms with Gasteiger partial charge in [0, 0.05) is 33.2 Å². The highest BCUT2D eigenvalue weighted by atomic mass is 35.5. The highest BCUT2D eigenvalue weighted by molar-refractivity contribution is 6.31. The second-order valence-electron chi connectivity index (χ2n) is 5.79. The van der Waals surface area contributed by atoms with Gasteiger partial charge in [-0.1, -0.05) is 23.2 Å². The monoisotopic (exact) mass is 360 g/mol. The molecule has 1 amide bonds. The third-order valence-electron chi connectivity index (χ3n) is 4.25. The van der Waals surface area contributed by atoms with Crippen molar-refractivity contribution in [3.05, 3.63) is 63.3 Å². The highest BCUT2D eigenvalue weighted by Gasteiger charge is 2.20. The molecule has 0 aliphatic rings. The van der Waals surface area contributed by atoms with E-state index in [-0.39, 0.29) is 5.91 Å². The molecule has 124 valence electrons. The van der Waals surface area contributed by atoms with Crippen LogP contribution in [0.4, 0.5) is 5.69 Å². The van der Waals surface area contributed by atoms with Crippen LogP contribution in [0.25, 0.3) is 10.9 Å². The maximum Gasteiger partial charge on any atom is 0.272 e. The van der Waals surface area contributed by atoms with Gasteiger partial charge in [0.15, 0.2) is 0 Å². The number of nitrogens with zero attached hydrogens (tertiary/aromatic N) is 1. The Morgan fingerprint density at radius 1 is 1.08 bits per heavy atom. The zero-order chi connectivity index (χ0) is 17.4. The number of halogens is 2. The number of aromatic nitrogens is 1. The summed E-state index contributed by atoms with van der Waals surface area (Å²) in [7, 11) is 0. The SMILES string of the molecule is CCn1c(C(=O)Nc2ccc(Cl)cc2C)c(C)c2cc(Cl)ccc21. The Morgan fingerprint density at radius 2 is 1.75 bits per heavy atom. The van der Waals surface area contributed by atoms with Gasteiger partial charge < -0.3 is 9.88 Å². The van der Waals surface area contributed by atoms with Crippen molar-refractivity contribution in [3.8, 4) is 0 Å². The van der Waals surface area contributed by atoms with Crippen LogP contribution >= 0.6 is 23.2 Å². The zero-order valence-electron chi connectivity index (χ0n) is 13.8. The van der Waals surface area contributed by atoms with Gasteiger partial charge in [-0.25, -0.2) is 0 Å². The molecule has 2 aromatic carbocycles. The molecule has 0 bridgehead atoms. The van der Waals surface area contributed by atoms with Crippen LogP contribution in [-0.4, -0.2) is 10.5 Å². The molecule has 1 heterocycles. The number of benzene rings is 2. The summed E-state index contributed by atoms with van der Waals surface area (Å²) in [5, 5.41) is 5.31. The first-order valence-corrected chi connectivity index (χ1v) is 8.53. The first-order chi connectivity index (χ1) is 11.4. The van der Waals surface area contributed by atoms with Crippen molar-refractivity contribution in [2.45, 2.75) is 27.3 Å². The molecule has 3 rings (SSSR count). The van der Waals surface area contributed by atoms with Crippen molar-refractivity contribution < 1.29 is 4.79 Å². The van der Waals surface area contributed by atoms with Crippen LogP contribution < -0.4 is 5.32 Å². The quantitative estimate of drug-likeness (QED) is 0.625. The van der Waals surface area contributed by atoms with Crippen LogP contribution in [0.15, 0.2) is 36.4 Å². The molecule has 0 saturated carbocycles. The van der Waals surface area contributed by atoms with Crippen molar-refractivity contribution in [2.24, 2.45) is 0 Å². The number of carbonyl (C=O) groups excluding carboxylic acids is 1. The Balaban J connectivity index is 2.08. The number of fused-ring (bicyclic) bond motifs is 1. The lowest BCUT2D eigenvalue weighted by Gasteiger charge is -2.12. The molecule has 1 aromatic heterocycles. The molecule has 3 nitrogen and oxygen atoms in total. The maximum absolute atomic E-state index is 12.9. The predicted octanol–water partition coefficient (Wildman–Crippen LogP) is 5.84. The van der Waals surface area contributed by atoms with E-state index in [1.165, 1.54) is 0 Å². The van der Waals surface area contributed by atoms with Crippen LogP contribution in [0, 0.1) is 13.8 Å². The maximum atomic E-state index is 12.9. The molecule has 0 unspecified atom stereocenters. The smallest absolute Gasteiger partial charge is 0.272 e. The number of anilines is 1. The Morgan fingerprint density at radius 3 is 2.42 bits per heavy atom. The molecular formula is C19H18Cl2N2O. The van der Waals surface area contributed by atoms with E-state index in [4.69, 9.17) is 23.2 Å².